The molecule has 4 nitrogen and oxygen atoms in total. The van der Waals surface area contributed by atoms with Crippen LogP contribution in [-0.4, -0.2) is 17.1 Å². The Bertz CT molecular complexity index is 646. The average molecular weight is 284 g/mol. The second-order valence-corrected chi connectivity index (χ2v) is 5.63. The van der Waals surface area contributed by atoms with E-state index in [1.165, 1.54) is 12.8 Å². The van der Waals surface area contributed by atoms with Crippen molar-refractivity contribution in [3.05, 3.63) is 36.0 Å². The van der Waals surface area contributed by atoms with E-state index in [4.69, 9.17) is 10.5 Å². The zero-order chi connectivity index (χ0) is 14.7. The first-order valence-electron chi connectivity index (χ1n) is 7.60. The van der Waals surface area contributed by atoms with E-state index in [1.54, 1.807) is 6.07 Å². The lowest BCUT2D eigenvalue weighted by Crippen LogP contribution is -2.18. The van der Waals surface area contributed by atoms with Gasteiger partial charge in [0.2, 0.25) is 0 Å². The Labute approximate surface area is 124 Å². The van der Waals surface area contributed by atoms with Crippen LogP contribution >= 0.6 is 0 Å². The number of ether oxygens (including phenoxy) is 1. The molecule has 2 aromatic rings. The van der Waals surface area contributed by atoms with Crippen molar-refractivity contribution in [2.45, 2.75) is 44.6 Å². The van der Waals surface area contributed by atoms with Crippen LogP contribution in [-0.2, 0) is 4.74 Å². The van der Waals surface area contributed by atoms with Crippen LogP contribution in [0.5, 0.6) is 0 Å². The number of carbonyl (C=O) groups excluding carboxylic acids is 1. The molecule has 1 saturated carbocycles. The Balaban J connectivity index is 1.80. The number of hydrogen-bond donors (Lipinski definition) is 1. The van der Waals surface area contributed by atoms with Crippen LogP contribution in [0.4, 0.5) is 5.69 Å². The van der Waals surface area contributed by atoms with Gasteiger partial charge in [-0.3, -0.25) is 0 Å². The normalized spacial score (nSPS) is 16.6. The highest BCUT2D eigenvalue weighted by atomic mass is 16.5. The molecule has 0 amide bonds. The number of benzene rings is 1. The maximum atomic E-state index is 12.3. The summed E-state index contributed by atoms with van der Waals surface area (Å²) in [4.78, 5) is 16.7. The predicted octanol–water partition coefficient (Wildman–Crippen LogP) is 3.70. The van der Waals surface area contributed by atoms with Crippen LogP contribution in [0, 0.1) is 0 Å². The lowest BCUT2D eigenvalue weighted by molar-refractivity contribution is 0.0261. The van der Waals surface area contributed by atoms with Gasteiger partial charge in [-0.1, -0.05) is 31.0 Å². The second-order valence-electron chi connectivity index (χ2n) is 5.63. The molecule has 0 aliphatic heterocycles. The quantitative estimate of drug-likeness (QED) is 0.674. The summed E-state index contributed by atoms with van der Waals surface area (Å²) in [6, 6.07) is 9.16. The molecule has 1 aromatic heterocycles. The highest BCUT2D eigenvalue weighted by Crippen LogP contribution is 2.23. The van der Waals surface area contributed by atoms with Crippen LogP contribution in [0.25, 0.3) is 10.9 Å². The summed E-state index contributed by atoms with van der Waals surface area (Å²) in [6.45, 7) is 0. The number of esters is 1. The Kier molecular flexibility index (Phi) is 4.04. The molecule has 0 saturated heterocycles. The molecule has 21 heavy (non-hydrogen) atoms. The van der Waals surface area contributed by atoms with E-state index in [0.717, 1.165) is 36.6 Å². The fourth-order valence-electron chi connectivity index (χ4n) is 2.88. The van der Waals surface area contributed by atoms with E-state index >= 15 is 0 Å². The summed E-state index contributed by atoms with van der Waals surface area (Å²) in [7, 11) is 0. The molecule has 2 N–H and O–H groups in total. The number of fused-ring (bicyclic) bond motifs is 1. The Hall–Kier alpha value is -2.10. The lowest BCUT2D eigenvalue weighted by atomic mass is 10.1. The summed E-state index contributed by atoms with van der Waals surface area (Å²) in [5, 5.41) is 0.864. The van der Waals surface area contributed by atoms with Gasteiger partial charge in [0.25, 0.3) is 0 Å². The molecule has 1 aliphatic rings. The van der Waals surface area contributed by atoms with Crippen molar-refractivity contribution >= 4 is 22.6 Å². The summed E-state index contributed by atoms with van der Waals surface area (Å²) in [5.74, 6) is -0.362. The molecule has 0 radical (unpaired) electrons. The summed E-state index contributed by atoms with van der Waals surface area (Å²) in [6.07, 6.45) is 6.65. The highest BCUT2D eigenvalue weighted by Gasteiger charge is 2.19. The summed E-state index contributed by atoms with van der Waals surface area (Å²) < 4.78 is 5.60. The number of nitrogens with zero attached hydrogens (tertiary/aromatic N) is 1. The van der Waals surface area contributed by atoms with Gasteiger partial charge in [0.15, 0.2) is 5.69 Å². The summed E-state index contributed by atoms with van der Waals surface area (Å²) in [5.41, 5.74) is 7.60. The minimum Gasteiger partial charge on any atom is -0.458 e. The second kappa shape index (κ2) is 6.12. The van der Waals surface area contributed by atoms with E-state index in [1.807, 2.05) is 24.3 Å². The number of para-hydroxylation sites is 1. The van der Waals surface area contributed by atoms with Crippen LogP contribution in [0.1, 0.15) is 49.0 Å². The van der Waals surface area contributed by atoms with Gasteiger partial charge in [-0.05, 0) is 37.8 Å². The number of nitrogen functional groups attached to an aromatic ring is 1. The molecule has 0 bridgehead atoms. The van der Waals surface area contributed by atoms with Gasteiger partial charge in [0.1, 0.15) is 6.10 Å². The van der Waals surface area contributed by atoms with Gasteiger partial charge in [0.05, 0.1) is 5.52 Å². The van der Waals surface area contributed by atoms with Gasteiger partial charge in [-0.2, -0.15) is 0 Å². The number of nitrogens with two attached hydrogens (primary N) is 1. The summed E-state index contributed by atoms with van der Waals surface area (Å²) >= 11 is 0. The van der Waals surface area contributed by atoms with E-state index < -0.39 is 0 Å². The van der Waals surface area contributed by atoms with Crippen molar-refractivity contribution in [2.75, 3.05) is 5.73 Å². The molecule has 1 aromatic carbocycles. The number of carbonyl (C=O) groups is 1. The van der Waals surface area contributed by atoms with Crippen molar-refractivity contribution in [1.82, 2.24) is 4.98 Å². The largest absolute Gasteiger partial charge is 0.458 e. The zero-order valence-electron chi connectivity index (χ0n) is 12.0. The van der Waals surface area contributed by atoms with Gasteiger partial charge in [0, 0.05) is 11.1 Å². The molecule has 1 aliphatic carbocycles. The number of pyridine rings is 1. The fourth-order valence-corrected chi connectivity index (χ4v) is 2.88. The van der Waals surface area contributed by atoms with Crippen molar-refractivity contribution < 1.29 is 9.53 Å². The number of rotatable bonds is 2. The molecular formula is C17H20N2O2. The standard InChI is InChI=1S/C17H20N2O2/c18-14-11-16(19-15-10-6-5-9-13(14)15)17(20)21-12-7-3-1-2-4-8-12/h5-6,9-12H,1-4,7-8H2,(H2,18,19). The molecule has 1 heterocycles. The minimum absolute atomic E-state index is 0.0227. The maximum Gasteiger partial charge on any atom is 0.357 e. The smallest absolute Gasteiger partial charge is 0.357 e. The highest BCUT2D eigenvalue weighted by molar-refractivity contribution is 5.96. The molecular weight excluding hydrogens is 264 g/mol. The van der Waals surface area contributed by atoms with Gasteiger partial charge >= 0.3 is 5.97 Å². The van der Waals surface area contributed by atoms with Crippen LogP contribution in [0.15, 0.2) is 30.3 Å². The molecule has 4 heteroatoms. The average Bonchev–Trinajstić information content (AvgIpc) is 2.76. The SMILES string of the molecule is Nc1cc(C(=O)OC2CCCCCC2)nc2ccccc12. The van der Waals surface area contributed by atoms with Crippen molar-refractivity contribution in [1.29, 1.82) is 0 Å². The maximum absolute atomic E-state index is 12.3. The van der Waals surface area contributed by atoms with E-state index in [-0.39, 0.29) is 12.1 Å². The topological polar surface area (TPSA) is 65.2 Å². The molecule has 1 fully saturated rings. The number of anilines is 1. The Morgan fingerprint density at radius 1 is 1.14 bits per heavy atom. The molecule has 3 rings (SSSR count). The van der Waals surface area contributed by atoms with E-state index in [0.29, 0.717) is 11.4 Å². The Morgan fingerprint density at radius 3 is 2.62 bits per heavy atom. The zero-order valence-corrected chi connectivity index (χ0v) is 12.0. The minimum atomic E-state index is -0.362. The monoisotopic (exact) mass is 284 g/mol. The van der Waals surface area contributed by atoms with Gasteiger partial charge in [-0.25, -0.2) is 9.78 Å². The number of aromatic nitrogens is 1. The third-order valence-corrected chi connectivity index (χ3v) is 4.03. The van der Waals surface area contributed by atoms with Crippen LogP contribution in [0.2, 0.25) is 0 Å². The third-order valence-electron chi connectivity index (χ3n) is 4.03. The first kappa shape index (κ1) is 13.9. The van der Waals surface area contributed by atoms with Gasteiger partial charge in [-0.15, -0.1) is 0 Å². The molecule has 0 spiro atoms. The number of hydrogen-bond acceptors (Lipinski definition) is 4. The molecule has 0 unspecified atom stereocenters. The predicted molar refractivity (Wildman–Crippen MR) is 83.1 cm³/mol. The van der Waals surface area contributed by atoms with Crippen LogP contribution < -0.4 is 5.73 Å². The molecule has 110 valence electrons. The third kappa shape index (κ3) is 3.15. The van der Waals surface area contributed by atoms with E-state index in [2.05, 4.69) is 4.98 Å². The fraction of sp³-hybridized carbons (Fsp3) is 0.412. The van der Waals surface area contributed by atoms with Crippen molar-refractivity contribution in [3.8, 4) is 0 Å². The van der Waals surface area contributed by atoms with Crippen molar-refractivity contribution in [3.63, 3.8) is 0 Å². The molecule has 0 atom stereocenters. The Morgan fingerprint density at radius 2 is 1.86 bits per heavy atom. The van der Waals surface area contributed by atoms with Crippen LogP contribution in [0.3, 0.4) is 0 Å². The van der Waals surface area contributed by atoms with Crippen molar-refractivity contribution in [2.24, 2.45) is 0 Å². The first-order chi connectivity index (χ1) is 10.2. The van der Waals surface area contributed by atoms with Gasteiger partial charge < -0.3 is 10.5 Å². The first-order valence-corrected chi connectivity index (χ1v) is 7.60. The van der Waals surface area contributed by atoms with E-state index in [9.17, 15) is 4.79 Å². The lowest BCUT2D eigenvalue weighted by Gasteiger charge is -2.15.